The zero-order chi connectivity index (χ0) is 13.1. The summed E-state index contributed by atoms with van der Waals surface area (Å²) in [5.41, 5.74) is 2.74. The van der Waals surface area contributed by atoms with Gasteiger partial charge in [0.25, 0.3) is 0 Å². The van der Waals surface area contributed by atoms with Crippen LogP contribution < -0.4 is 10.2 Å². The van der Waals surface area contributed by atoms with E-state index in [-0.39, 0.29) is 0 Å². The maximum Gasteiger partial charge on any atom is 0.0366 e. The molecule has 3 heteroatoms. The minimum Gasteiger partial charge on any atom is -0.371 e. The van der Waals surface area contributed by atoms with Crippen molar-refractivity contribution >= 4 is 5.69 Å². The van der Waals surface area contributed by atoms with Crippen molar-refractivity contribution in [2.24, 2.45) is 0 Å². The van der Waals surface area contributed by atoms with Gasteiger partial charge >= 0.3 is 0 Å². The molecule has 0 aliphatic carbocycles. The lowest BCUT2D eigenvalue weighted by Gasteiger charge is -2.41. The van der Waals surface area contributed by atoms with Crippen molar-refractivity contribution in [2.75, 3.05) is 44.2 Å². The Hall–Kier alpha value is -1.06. The van der Waals surface area contributed by atoms with Gasteiger partial charge in [-0.05, 0) is 31.9 Å². The van der Waals surface area contributed by atoms with Crippen LogP contribution in [0.3, 0.4) is 0 Å². The maximum absolute atomic E-state index is 3.44. The third-order valence-corrected chi connectivity index (χ3v) is 4.53. The monoisotopic (exact) mass is 259 g/mol. The van der Waals surface area contributed by atoms with Crippen LogP contribution in [0.1, 0.15) is 18.4 Å². The van der Waals surface area contributed by atoms with Crippen molar-refractivity contribution in [1.82, 2.24) is 10.2 Å². The van der Waals surface area contributed by atoms with Gasteiger partial charge in [-0.25, -0.2) is 0 Å². The van der Waals surface area contributed by atoms with Crippen molar-refractivity contribution in [2.45, 2.75) is 25.8 Å². The number of piperazine rings is 1. The van der Waals surface area contributed by atoms with E-state index in [1.807, 2.05) is 0 Å². The van der Waals surface area contributed by atoms with Gasteiger partial charge in [0, 0.05) is 51.0 Å². The number of benzene rings is 1. The normalized spacial score (nSPS) is 22.7. The predicted octanol–water partition coefficient (Wildman–Crippen LogP) is 1.87. The van der Waals surface area contributed by atoms with E-state index in [1.165, 1.54) is 50.3 Å². The largest absolute Gasteiger partial charge is 0.371 e. The average Bonchev–Trinajstić information content (AvgIpc) is 2.49. The second-order valence-corrected chi connectivity index (χ2v) is 5.84. The molecule has 0 radical (unpaired) electrons. The second-order valence-electron chi connectivity index (χ2n) is 5.84. The molecule has 2 saturated heterocycles. The molecule has 1 aromatic rings. The maximum atomic E-state index is 3.44. The lowest BCUT2D eigenvalue weighted by atomic mass is 10.0. The Morgan fingerprint density at radius 1 is 0.947 bits per heavy atom. The Balaban J connectivity index is 1.55. The molecule has 1 aromatic carbocycles. The van der Waals surface area contributed by atoms with Gasteiger partial charge in [0.15, 0.2) is 0 Å². The summed E-state index contributed by atoms with van der Waals surface area (Å²) in [5.74, 6) is 0. The molecular weight excluding hydrogens is 234 g/mol. The molecule has 0 bridgehead atoms. The number of anilines is 1. The van der Waals surface area contributed by atoms with Gasteiger partial charge in [0.2, 0.25) is 0 Å². The summed E-state index contributed by atoms with van der Waals surface area (Å²) >= 11 is 0. The van der Waals surface area contributed by atoms with Crippen LogP contribution in [0.5, 0.6) is 0 Å². The zero-order valence-electron chi connectivity index (χ0n) is 11.9. The number of piperidine rings is 1. The molecule has 3 rings (SSSR count). The van der Waals surface area contributed by atoms with Gasteiger partial charge in [-0.1, -0.05) is 17.7 Å². The summed E-state index contributed by atoms with van der Waals surface area (Å²) in [7, 11) is 0. The molecule has 19 heavy (non-hydrogen) atoms. The summed E-state index contributed by atoms with van der Waals surface area (Å²) in [6, 6.07) is 9.78. The van der Waals surface area contributed by atoms with Gasteiger partial charge in [-0.3, -0.25) is 4.90 Å². The lowest BCUT2D eigenvalue weighted by molar-refractivity contribution is 0.150. The highest BCUT2D eigenvalue weighted by molar-refractivity contribution is 5.47. The number of rotatable bonds is 2. The predicted molar refractivity (Wildman–Crippen MR) is 80.9 cm³/mol. The summed E-state index contributed by atoms with van der Waals surface area (Å²) in [6.45, 7) is 9.36. The Bertz CT molecular complexity index is 387. The molecule has 0 unspecified atom stereocenters. The molecule has 3 nitrogen and oxygen atoms in total. The van der Waals surface area contributed by atoms with Crippen LogP contribution in [0.15, 0.2) is 24.3 Å². The van der Waals surface area contributed by atoms with E-state index >= 15 is 0 Å². The van der Waals surface area contributed by atoms with Gasteiger partial charge in [0.1, 0.15) is 0 Å². The fraction of sp³-hybridized carbons (Fsp3) is 0.625. The third kappa shape index (κ3) is 3.10. The highest BCUT2D eigenvalue weighted by atomic mass is 15.2. The quantitative estimate of drug-likeness (QED) is 0.875. The third-order valence-electron chi connectivity index (χ3n) is 4.53. The summed E-state index contributed by atoms with van der Waals surface area (Å²) in [4.78, 5) is 5.22. The van der Waals surface area contributed by atoms with E-state index in [1.54, 1.807) is 0 Å². The molecule has 0 aromatic heterocycles. The van der Waals surface area contributed by atoms with Crippen molar-refractivity contribution in [1.29, 1.82) is 0 Å². The Kier molecular flexibility index (Phi) is 4.04. The Labute approximate surface area is 116 Å². The first kappa shape index (κ1) is 12.9. The number of nitrogens with zero attached hydrogens (tertiary/aromatic N) is 2. The summed E-state index contributed by atoms with van der Waals surface area (Å²) in [5, 5.41) is 3.44. The van der Waals surface area contributed by atoms with Crippen LogP contribution >= 0.6 is 0 Å². The first-order valence-corrected chi connectivity index (χ1v) is 7.59. The van der Waals surface area contributed by atoms with Crippen LogP contribution in [0, 0.1) is 6.92 Å². The smallest absolute Gasteiger partial charge is 0.0366 e. The first-order chi connectivity index (χ1) is 9.33. The fourth-order valence-electron chi connectivity index (χ4n) is 3.29. The van der Waals surface area contributed by atoms with Crippen molar-refractivity contribution in [3.05, 3.63) is 29.8 Å². The highest BCUT2D eigenvalue weighted by Crippen LogP contribution is 2.23. The topological polar surface area (TPSA) is 18.5 Å². The lowest BCUT2D eigenvalue weighted by Crippen LogP contribution is -2.52. The van der Waals surface area contributed by atoms with Crippen LogP contribution in [0.2, 0.25) is 0 Å². The fourth-order valence-corrected chi connectivity index (χ4v) is 3.29. The molecule has 2 aliphatic heterocycles. The number of hydrogen-bond donors (Lipinski definition) is 1. The van der Waals surface area contributed by atoms with Crippen LogP contribution in [-0.2, 0) is 0 Å². The molecule has 1 N–H and O–H groups in total. The average molecular weight is 259 g/mol. The molecule has 2 heterocycles. The van der Waals surface area contributed by atoms with Gasteiger partial charge in [-0.2, -0.15) is 0 Å². The van der Waals surface area contributed by atoms with Crippen LogP contribution in [0.4, 0.5) is 5.69 Å². The second kappa shape index (κ2) is 5.93. The van der Waals surface area contributed by atoms with E-state index < -0.39 is 0 Å². The number of hydrogen-bond acceptors (Lipinski definition) is 3. The standard InChI is InChI=1S/C16H25N3/c1-14-2-4-15(5-3-14)18-10-6-16(7-11-18)19-12-8-17-9-13-19/h2-5,16-17H,6-13H2,1H3. The molecule has 0 amide bonds. The van der Waals surface area contributed by atoms with E-state index in [2.05, 4.69) is 46.3 Å². The van der Waals surface area contributed by atoms with Gasteiger partial charge < -0.3 is 10.2 Å². The summed E-state index contributed by atoms with van der Waals surface area (Å²) in [6.07, 6.45) is 2.63. The molecular formula is C16H25N3. The van der Waals surface area contributed by atoms with Crippen LogP contribution in [-0.4, -0.2) is 50.2 Å². The molecule has 0 spiro atoms. The number of aryl methyl sites for hydroxylation is 1. The highest BCUT2D eigenvalue weighted by Gasteiger charge is 2.25. The molecule has 2 aliphatic rings. The van der Waals surface area contributed by atoms with E-state index in [0.717, 1.165) is 19.1 Å². The van der Waals surface area contributed by atoms with Crippen molar-refractivity contribution in [3.8, 4) is 0 Å². The first-order valence-electron chi connectivity index (χ1n) is 7.59. The number of nitrogens with one attached hydrogen (secondary N) is 1. The SMILES string of the molecule is Cc1ccc(N2CCC(N3CCNCC3)CC2)cc1. The van der Waals surface area contributed by atoms with E-state index in [9.17, 15) is 0 Å². The minimum atomic E-state index is 0.809. The van der Waals surface area contributed by atoms with E-state index in [0.29, 0.717) is 0 Å². The van der Waals surface area contributed by atoms with Crippen LogP contribution in [0.25, 0.3) is 0 Å². The van der Waals surface area contributed by atoms with Gasteiger partial charge in [0.05, 0.1) is 0 Å². The molecule has 0 atom stereocenters. The van der Waals surface area contributed by atoms with Crippen molar-refractivity contribution < 1.29 is 0 Å². The zero-order valence-corrected chi connectivity index (χ0v) is 11.9. The minimum absolute atomic E-state index is 0.809. The van der Waals surface area contributed by atoms with E-state index in [4.69, 9.17) is 0 Å². The summed E-state index contributed by atoms with van der Waals surface area (Å²) < 4.78 is 0. The Morgan fingerprint density at radius 2 is 1.58 bits per heavy atom. The molecule has 2 fully saturated rings. The molecule has 104 valence electrons. The van der Waals surface area contributed by atoms with Gasteiger partial charge in [-0.15, -0.1) is 0 Å². The Morgan fingerprint density at radius 3 is 2.21 bits per heavy atom. The van der Waals surface area contributed by atoms with Crippen molar-refractivity contribution in [3.63, 3.8) is 0 Å². The molecule has 0 saturated carbocycles.